The number of rotatable bonds is 5. The number of fused-ring (bicyclic) bond motifs is 2. The second-order valence-electron chi connectivity index (χ2n) is 8.53. The quantitative estimate of drug-likeness (QED) is 0.385. The van der Waals surface area contributed by atoms with Crippen LogP contribution in [0, 0.1) is 6.92 Å². The van der Waals surface area contributed by atoms with Crippen LogP contribution in [0.5, 0.6) is 0 Å². The maximum atomic E-state index is 13.9. The number of hydrogen-bond acceptors (Lipinski definition) is 6. The molecule has 0 spiro atoms. The number of nitrogens with zero attached hydrogens (tertiary/aromatic N) is 4. The van der Waals surface area contributed by atoms with E-state index in [9.17, 15) is 13.2 Å². The van der Waals surface area contributed by atoms with Crippen LogP contribution < -0.4 is 11.3 Å². The van der Waals surface area contributed by atoms with Crippen molar-refractivity contribution in [2.75, 3.05) is 17.7 Å². The summed E-state index contributed by atoms with van der Waals surface area (Å²) in [5.41, 5.74) is 10.1. The van der Waals surface area contributed by atoms with Gasteiger partial charge in [-0.1, -0.05) is 17.7 Å². The van der Waals surface area contributed by atoms with Gasteiger partial charge in [0.05, 0.1) is 34.8 Å². The Hall–Kier alpha value is -3.69. The largest absolute Gasteiger partial charge is 0.397 e. The highest BCUT2D eigenvalue weighted by atomic mass is 35.5. The Kier molecular flexibility index (Phi) is 5.61. The van der Waals surface area contributed by atoms with Gasteiger partial charge in [0.25, 0.3) is 5.56 Å². The van der Waals surface area contributed by atoms with E-state index in [4.69, 9.17) is 17.3 Å². The summed E-state index contributed by atoms with van der Waals surface area (Å²) in [6.07, 6.45) is 2.96. The summed E-state index contributed by atoms with van der Waals surface area (Å²) in [6.45, 7) is 2.10. The average molecular weight is 508 g/mol. The Morgan fingerprint density at radius 1 is 1.06 bits per heavy atom. The van der Waals surface area contributed by atoms with Gasteiger partial charge in [-0.3, -0.25) is 14.0 Å². The van der Waals surface area contributed by atoms with Crippen molar-refractivity contribution in [3.8, 4) is 16.8 Å². The molecule has 3 heterocycles. The van der Waals surface area contributed by atoms with Gasteiger partial charge in [-0.2, -0.15) is 5.10 Å². The van der Waals surface area contributed by atoms with Gasteiger partial charge in [-0.15, -0.1) is 0 Å². The van der Waals surface area contributed by atoms with Crippen molar-refractivity contribution in [3.63, 3.8) is 0 Å². The van der Waals surface area contributed by atoms with Crippen molar-refractivity contribution in [1.29, 1.82) is 0 Å². The third-order valence-corrected chi connectivity index (χ3v) is 7.00. The first-order valence-electron chi connectivity index (χ1n) is 10.8. The van der Waals surface area contributed by atoms with E-state index < -0.39 is 9.84 Å². The molecule has 0 saturated carbocycles. The van der Waals surface area contributed by atoms with Gasteiger partial charge >= 0.3 is 0 Å². The third kappa shape index (κ3) is 4.40. The fraction of sp³-hybridized carbons (Fsp3) is 0.160. The molecular formula is C25H22ClN5O3S. The van der Waals surface area contributed by atoms with Crippen LogP contribution in [0.3, 0.4) is 0 Å². The molecule has 0 radical (unpaired) electrons. The summed E-state index contributed by atoms with van der Waals surface area (Å²) in [4.78, 5) is 18.5. The molecule has 0 amide bonds. The van der Waals surface area contributed by atoms with Crippen LogP contribution in [0.4, 0.5) is 5.69 Å². The highest BCUT2D eigenvalue weighted by molar-refractivity contribution is 7.90. The standard InChI is InChI=1S/C25H22ClN5O3S/c1-15-3-9-20-23(27)22(25(32)31(24(20)28-15)19-7-5-18(26)6-8-19)16-4-10-21-17(13-16)14-30(29-21)11-12-35(2,33)34/h3-10,13-14H,11-12,27H2,1-2H3. The minimum absolute atomic E-state index is 0.0102. The second-order valence-corrected chi connectivity index (χ2v) is 11.2. The third-order valence-electron chi connectivity index (χ3n) is 5.82. The summed E-state index contributed by atoms with van der Waals surface area (Å²) >= 11 is 6.08. The number of anilines is 1. The predicted molar refractivity (Wildman–Crippen MR) is 140 cm³/mol. The van der Waals surface area contributed by atoms with Crippen molar-refractivity contribution >= 4 is 49.1 Å². The lowest BCUT2D eigenvalue weighted by atomic mass is 10.0. The Bertz CT molecular complexity index is 1770. The Morgan fingerprint density at radius 2 is 1.80 bits per heavy atom. The smallest absolute Gasteiger partial charge is 0.266 e. The molecule has 178 valence electrons. The lowest BCUT2D eigenvalue weighted by molar-refractivity contribution is 0.587. The summed E-state index contributed by atoms with van der Waals surface area (Å²) in [5.74, 6) is -0.0102. The fourth-order valence-electron chi connectivity index (χ4n) is 4.10. The molecule has 0 unspecified atom stereocenters. The van der Waals surface area contributed by atoms with E-state index >= 15 is 0 Å². The first-order valence-corrected chi connectivity index (χ1v) is 13.3. The molecule has 0 aliphatic carbocycles. The van der Waals surface area contributed by atoms with Crippen LogP contribution >= 0.6 is 11.6 Å². The van der Waals surface area contributed by atoms with Crippen molar-refractivity contribution < 1.29 is 8.42 Å². The van der Waals surface area contributed by atoms with Crippen LogP contribution in [0.15, 0.2) is 65.6 Å². The topological polar surface area (TPSA) is 113 Å². The molecule has 5 rings (SSSR count). The molecule has 2 N–H and O–H groups in total. The zero-order valence-corrected chi connectivity index (χ0v) is 20.6. The van der Waals surface area contributed by atoms with Gasteiger partial charge in [0.15, 0.2) is 0 Å². The Morgan fingerprint density at radius 3 is 2.51 bits per heavy atom. The molecule has 3 aromatic heterocycles. The van der Waals surface area contributed by atoms with E-state index in [1.807, 2.05) is 25.1 Å². The van der Waals surface area contributed by atoms with Gasteiger partial charge in [-0.05, 0) is 61.0 Å². The van der Waals surface area contributed by atoms with Crippen LogP contribution in [-0.4, -0.2) is 39.8 Å². The first kappa shape index (κ1) is 23.1. The number of nitrogens with two attached hydrogens (primary N) is 1. The molecule has 0 aliphatic heterocycles. The zero-order chi connectivity index (χ0) is 24.9. The van der Waals surface area contributed by atoms with E-state index in [0.29, 0.717) is 44.1 Å². The van der Waals surface area contributed by atoms with Gasteiger partial charge in [0, 0.05) is 33.9 Å². The summed E-state index contributed by atoms with van der Waals surface area (Å²) in [6, 6.07) is 16.1. The molecule has 2 aromatic carbocycles. The van der Waals surface area contributed by atoms with Gasteiger partial charge in [0.2, 0.25) is 0 Å². The van der Waals surface area contributed by atoms with Gasteiger partial charge in [-0.25, -0.2) is 13.4 Å². The minimum atomic E-state index is -3.12. The van der Waals surface area contributed by atoms with Crippen LogP contribution in [-0.2, 0) is 16.4 Å². The highest BCUT2D eigenvalue weighted by Crippen LogP contribution is 2.32. The average Bonchev–Trinajstić information content (AvgIpc) is 3.21. The molecule has 0 bridgehead atoms. The monoisotopic (exact) mass is 507 g/mol. The molecule has 0 atom stereocenters. The minimum Gasteiger partial charge on any atom is -0.397 e. The van der Waals surface area contributed by atoms with E-state index in [-0.39, 0.29) is 17.9 Å². The Balaban J connectivity index is 1.72. The number of benzene rings is 2. The number of hydrogen-bond donors (Lipinski definition) is 1. The lowest BCUT2D eigenvalue weighted by Crippen LogP contribution is -2.23. The molecule has 0 saturated heterocycles. The van der Waals surface area contributed by atoms with Gasteiger partial charge < -0.3 is 5.73 Å². The van der Waals surface area contributed by atoms with Crippen molar-refractivity contribution in [2.24, 2.45) is 0 Å². The summed E-state index contributed by atoms with van der Waals surface area (Å²) in [5, 5.41) is 6.43. The maximum absolute atomic E-state index is 13.9. The first-order chi connectivity index (χ1) is 16.6. The maximum Gasteiger partial charge on any atom is 0.266 e. The molecule has 5 aromatic rings. The molecular weight excluding hydrogens is 486 g/mol. The van der Waals surface area contributed by atoms with Crippen LogP contribution in [0.2, 0.25) is 5.02 Å². The number of halogens is 1. The van der Waals surface area contributed by atoms with E-state index in [1.54, 1.807) is 51.8 Å². The van der Waals surface area contributed by atoms with Crippen LogP contribution in [0.1, 0.15) is 5.69 Å². The van der Waals surface area contributed by atoms with Crippen molar-refractivity contribution in [2.45, 2.75) is 13.5 Å². The van der Waals surface area contributed by atoms with E-state index in [2.05, 4.69) is 10.1 Å². The van der Waals surface area contributed by atoms with Crippen LogP contribution in [0.25, 0.3) is 38.8 Å². The van der Waals surface area contributed by atoms with E-state index in [0.717, 1.165) is 11.1 Å². The lowest BCUT2D eigenvalue weighted by Gasteiger charge is -2.16. The molecule has 10 heteroatoms. The highest BCUT2D eigenvalue weighted by Gasteiger charge is 2.19. The molecule has 0 fully saturated rings. The SMILES string of the molecule is Cc1ccc2c(N)c(-c3ccc4nn(CCS(C)(=O)=O)cc4c3)c(=O)n(-c3ccc(Cl)cc3)c2n1. The normalized spacial score (nSPS) is 12.0. The zero-order valence-electron chi connectivity index (χ0n) is 19.1. The molecule has 0 aliphatic rings. The second kappa shape index (κ2) is 8.51. The number of aryl methyl sites for hydroxylation is 2. The molecule has 8 nitrogen and oxygen atoms in total. The predicted octanol–water partition coefficient (Wildman–Crippen LogP) is 3.99. The molecule has 35 heavy (non-hydrogen) atoms. The number of pyridine rings is 2. The van der Waals surface area contributed by atoms with Gasteiger partial charge in [0.1, 0.15) is 15.5 Å². The summed E-state index contributed by atoms with van der Waals surface area (Å²) in [7, 11) is -3.12. The van der Waals surface area contributed by atoms with E-state index in [1.165, 1.54) is 6.26 Å². The van der Waals surface area contributed by atoms with Crippen molar-refractivity contribution in [3.05, 3.63) is 81.9 Å². The number of aromatic nitrogens is 4. The number of nitrogen functional groups attached to an aromatic ring is 1. The number of sulfone groups is 1. The van der Waals surface area contributed by atoms with Crippen molar-refractivity contribution in [1.82, 2.24) is 19.3 Å². The summed E-state index contributed by atoms with van der Waals surface area (Å²) < 4.78 is 26.2. The fourth-order valence-corrected chi connectivity index (χ4v) is 4.74. The Labute approximate surface area is 206 Å².